The Hall–Kier alpha value is -2.56. The number of aromatic nitrogens is 2. The second-order valence-corrected chi connectivity index (χ2v) is 5.90. The Morgan fingerprint density at radius 2 is 2.24 bits per heavy atom. The number of benzene rings is 1. The molecule has 1 aromatic carbocycles. The summed E-state index contributed by atoms with van der Waals surface area (Å²) in [6.45, 7) is 2.10. The number of rotatable bonds is 7. The van der Waals surface area contributed by atoms with Crippen molar-refractivity contribution in [2.45, 2.75) is 18.6 Å². The minimum Gasteiger partial charge on any atom is -0.493 e. The second-order valence-electron chi connectivity index (χ2n) is 5.90. The lowest BCUT2D eigenvalue weighted by molar-refractivity contribution is 0.105. The quantitative estimate of drug-likeness (QED) is 0.830. The van der Waals surface area contributed by atoms with Gasteiger partial charge in [-0.1, -0.05) is 0 Å². The zero-order chi connectivity index (χ0) is 17.6. The van der Waals surface area contributed by atoms with Crippen LogP contribution in [0.2, 0.25) is 0 Å². The van der Waals surface area contributed by atoms with E-state index in [1.54, 1.807) is 38.6 Å². The Kier molecular flexibility index (Phi) is 5.53. The van der Waals surface area contributed by atoms with Crippen molar-refractivity contribution in [2.24, 2.45) is 0 Å². The Morgan fingerprint density at radius 1 is 1.36 bits per heavy atom. The van der Waals surface area contributed by atoms with Crippen molar-refractivity contribution in [2.75, 3.05) is 33.9 Å². The molecule has 2 aromatic rings. The summed E-state index contributed by atoms with van der Waals surface area (Å²) in [5, 5.41) is 8.96. The van der Waals surface area contributed by atoms with Gasteiger partial charge in [-0.2, -0.15) is 5.26 Å². The summed E-state index contributed by atoms with van der Waals surface area (Å²) >= 11 is 0. The third-order valence-electron chi connectivity index (χ3n) is 4.46. The number of methoxy groups -OCH3 is 2. The van der Waals surface area contributed by atoms with Gasteiger partial charge in [0.1, 0.15) is 12.4 Å². The molecule has 0 saturated carbocycles. The second kappa shape index (κ2) is 8.01. The van der Waals surface area contributed by atoms with Crippen LogP contribution < -0.4 is 9.47 Å². The molecule has 1 aromatic heterocycles. The lowest BCUT2D eigenvalue weighted by Gasteiger charge is -2.22. The largest absolute Gasteiger partial charge is 0.493 e. The van der Waals surface area contributed by atoms with E-state index in [2.05, 4.69) is 20.9 Å². The Morgan fingerprint density at radius 3 is 2.92 bits per heavy atom. The molecule has 2 atom stereocenters. The normalized spacial score (nSPS) is 20.4. The lowest BCUT2D eigenvalue weighted by Crippen LogP contribution is -2.30. The van der Waals surface area contributed by atoms with Gasteiger partial charge in [-0.3, -0.25) is 4.90 Å². The predicted octanol–water partition coefficient (Wildman–Crippen LogP) is 2.13. The Bertz CT molecular complexity index is 726. The number of nitriles is 1. The van der Waals surface area contributed by atoms with Gasteiger partial charge in [0.05, 0.1) is 30.9 Å². The monoisotopic (exact) mass is 342 g/mol. The van der Waals surface area contributed by atoms with Gasteiger partial charge < -0.3 is 19.2 Å². The highest BCUT2D eigenvalue weighted by Gasteiger charge is 2.34. The number of hydrogen-bond acceptors (Lipinski definition) is 6. The number of nitrogens with one attached hydrogen (secondary N) is 1. The zero-order valence-electron chi connectivity index (χ0n) is 14.4. The first-order valence-electron chi connectivity index (χ1n) is 8.22. The third kappa shape index (κ3) is 3.92. The molecule has 3 rings (SSSR count). The van der Waals surface area contributed by atoms with E-state index in [0.29, 0.717) is 23.7 Å². The fourth-order valence-electron chi connectivity index (χ4n) is 3.15. The average Bonchev–Trinajstić information content (AvgIpc) is 3.31. The van der Waals surface area contributed by atoms with Crippen molar-refractivity contribution in [1.29, 1.82) is 5.26 Å². The van der Waals surface area contributed by atoms with Gasteiger partial charge >= 0.3 is 0 Å². The van der Waals surface area contributed by atoms with E-state index < -0.39 is 0 Å². The smallest absolute Gasteiger partial charge is 0.162 e. The molecule has 0 amide bonds. The zero-order valence-corrected chi connectivity index (χ0v) is 14.4. The van der Waals surface area contributed by atoms with E-state index in [-0.39, 0.29) is 12.1 Å². The van der Waals surface area contributed by atoms with Crippen LogP contribution in [0.4, 0.5) is 0 Å². The molecule has 0 spiro atoms. The molecule has 2 heterocycles. The summed E-state index contributed by atoms with van der Waals surface area (Å²) in [5.41, 5.74) is 0.546. The molecule has 1 unspecified atom stereocenters. The summed E-state index contributed by atoms with van der Waals surface area (Å²) in [7, 11) is 3.31. The minimum atomic E-state index is 0.194. The van der Waals surface area contributed by atoms with Gasteiger partial charge in [0.15, 0.2) is 11.5 Å². The number of hydrogen-bond donors (Lipinski definition) is 1. The van der Waals surface area contributed by atoms with E-state index in [4.69, 9.17) is 19.5 Å². The maximum Gasteiger partial charge on any atom is 0.162 e. The molecule has 25 heavy (non-hydrogen) atoms. The summed E-state index contributed by atoms with van der Waals surface area (Å²) < 4.78 is 16.7. The molecule has 0 aliphatic carbocycles. The first-order valence-corrected chi connectivity index (χ1v) is 8.22. The van der Waals surface area contributed by atoms with E-state index in [1.807, 2.05) is 6.20 Å². The molecule has 1 fully saturated rings. The highest BCUT2D eigenvalue weighted by atomic mass is 16.5. The number of H-pyrrole nitrogens is 1. The van der Waals surface area contributed by atoms with Crippen molar-refractivity contribution in [3.05, 3.63) is 42.0 Å². The number of aromatic amines is 1. The maximum atomic E-state index is 8.96. The fourth-order valence-corrected chi connectivity index (χ4v) is 3.15. The molecule has 132 valence electrons. The molecule has 1 saturated heterocycles. The summed E-state index contributed by atoms with van der Waals surface area (Å²) in [6.07, 6.45) is 4.71. The van der Waals surface area contributed by atoms with Gasteiger partial charge in [-0.25, -0.2) is 4.98 Å². The van der Waals surface area contributed by atoms with E-state index in [1.165, 1.54) is 0 Å². The van der Waals surface area contributed by atoms with Crippen LogP contribution in [0.15, 0.2) is 30.6 Å². The van der Waals surface area contributed by atoms with Crippen LogP contribution in [0.5, 0.6) is 11.5 Å². The first-order chi connectivity index (χ1) is 12.2. The molecular weight excluding hydrogens is 320 g/mol. The van der Waals surface area contributed by atoms with Gasteiger partial charge in [0.25, 0.3) is 0 Å². The molecule has 1 aliphatic heterocycles. The molecule has 7 nitrogen and oxygen atoms in total. The topological polar surface area (TPSA) is 83.4 Å². The number of ether oxygens (including phenoxy) is 3. The van der Waals surface area contributed by atoms with Crippen LogP contribution in [0.1, 0.15) is 23.9 Å². The Balaban J connectivity index is 1.62. The van der Waals surface area contributed by atoms with Gasteiger partial charge in [-0.15, -0.1) is 0 Å². The molecule has 0 radical (unpaired) electrons. The average molecular weight is 342 g/mol. The highest BCUT2D eigenvalue weighted by Crippen LogP contribution is 2.32. The van der Waals surface area contributed by atoms with Crippen molar-refractivity contribution in [1.82, 2.24) is 14.9 Å². The van der Waals surface area contributed by atoms with E-state index >= 15 is 0 Å². The highest BCUT2D eigenvalue weighted by molar-refractivity contribution is 5.46. The lowest BCUT2D eigenvalue weighted by atomic mass is 10.2. The first kappa shape index (κ1) is 17.3. The van der Waals surface area contributed by atoms with Crippen molar-refractivity contribution in [3.8, 4) is 17.6 Å². The standard InChI is InChI=1S/C18H22N4O3/c1-23-14-10-15(18-20-5-6-21-18)22(12-14)7-8-25-16-4-3-13(11-19)9-17(16)24-2/h3-6,9,14-15H,7-8,10,12H2,1-2H3,(H,20,21)/t14-,15?/m1/s1. The van der Waals surface area contributed by atoms with Crippen molar-refractivity contribution >= 4 is 0 Å². The number of imidazole rings is 1. The van der Waals surface area contributed by atoms with Gasteiger partial charge in [0, 0.05) is 38.7 Å². The van der Waals surface area contributed by atoms with Crippen LogP contribution in [-0.4, -0.2) is 54.9 Å². The maximum absolute atomic E-state index is 8.96. The summed E-state index contributed by atoms with van der Waals surface area (Å²) in [5.74, 6) is 2.16. The molecule has 1 N–H and O–H groups in total. The van der Waals surface area contributed by atoms with Crippen LogP contribution >= 0.6 is 0 Å². The number of likely N-dealkylation sites (tertiary alicyclic amines) is 1. The van der Waals surface area contributed by atoms with Gasteiger partial charge in [0.2, 0.25) is 0 Å². The van der Waals surface area contributed by atoms with Gasteiger partial charge in [-0.05, 0) is 18.6 Å². The Labute approximate surface area is 147 Å². The minimum absolute atomic E-state index is 0.194. The van der Waals surface area contributed by atoms with Crippen LogP contribution in [0, 0.1) is 11.3 Å². The fraction of sp³-hybridized carbons (Fsp3) is 0.444. The summed E-state index contributed by atoms with van der Waals surface area (Å²) in [6, 6.07) is 7.46. The van der Waals surface area contributed by atoms with E-state index in [0.717, 1.165) is 25.3 Å². The van der Waals surface area contributed by atoms with Crippen LogP contribution in [-0.2, 0) is 4.74 Å². The molecule has 7 heteroatoms. The van der Waals surface area contributed by atoms with Crippen molar-refractivity contribution in [3.63, 3.8) is 0 Å². The summed E-state index contributed by atoms with van der Waals surface area (Å²) in [4.78, 5) is 9.89. The molecule has 1 aliphatic rings. The van der Waals surface area contributed by atoms with Crippen LogP contribution in [0.25, 0.3) is 0 Å². The SMILES string of the molecule is COc1cc(C#N)ccc1OCCN1C[C@H](OC)CC1c1ncc[nH]1. The molecular formula is C18H22N4O3. The predicted molar refractivity (Wildman–Crippen MR) is 91.5 cm³/mol. The van der Waals surface area contributed by atoms with Crippen LogP contribution in [0.3, 0.4) is 0 Å². The van der Waals surface area contributed by atoms with Crippen molar-refractivity contribution < 1.29 is 14.2 Å². The van der Waals surface area contributed by atoms with E-state index in [9.17, 15) is 0 Å². The molecule has 0 bridgehead atoms. The third-order valence-corrected chi connectivity index (χ3v) is 4.46. The number of nitrogens with zero attached hydrogens (tertiary/aromatic N) is 3.